The smallest absolute Gasteiger partial charge is 0.0714 e. The van der Waals surface area contributed by atoms with Crippen molar-refractivity contribution in [2.45, 2.75) is 10.8 Å². The first kappa shape index (κ1) is 44.2. The molecule has 1 heterocycles. The predicted molar refractivity (Wildman–Crippen MR) is 319 cm³/mol. The fourth-order valence-electron chi connectivity index (χ4n) is 13.3. The third-order valence-corrected chi connectivity index (χ3v) is 17.6. The molecule has 12 aromatic carbocycles. The number of hydrogen-bond donors (Lipinski definition) is 0. The molecule has 0 radical (unpaired) electrons. The SMILES string of the molecule is c1ccc(C2(c3ccccc3)c3ccccc3-c3ccc(N(c4ccc(-c5cccc6c5-c5ccccc5C6(c5ccccc5)c5ccccc5)cc4)c4cccc(-c5ccc6sc7ccccc7c6c5)c4)cc32)cc1. The minimum atomic E-state index is -0.542. The van der Waals surface area contributed by atoms with E-state index in [2.05, 4.69) is 302 Å². The molecule has 0 saturated carbocycles. The highest BCUT2D eigenvalue weighted by Gasteiger charge is 2.48. The van der Waals surface area contributed by atoms with E-state index in [9.17, 15) is 0 Å². The van der Waals surface area contributed by atoms with E-state index < -0.39 is 10.8 Å². The second-order valence-electron chi connectivity index (χ2n) is 20.3. The molecule has 2 aliphatic rings. The van der Waals surface area contributed by atoms with E-state index in [0.29, 0.717) is 0 Å². The van der Waals surface area contributed by atoms with Gasteiger partial charge in [0.15, 0.2) is 0 Å². The molecule has 0 aliphatic heterocycles. The Hall–Kier alpha value is -9.34. The van der Waals surface area contributed by atoms with Crippen molar-refractivity contribution < 1.29 is 0 Å². The zero-order valence-electron chi connectivity index (χ0n) is 41.6. The number of benzene rings is 12. The van der Waals surface area contributed by atoms with Crippen LogP contribution < -0.4 is 4.90 Å². The standard InChI is InChI=1S/C74H49NS/c1-5-22-53(23-6-1)73(54-24-7-2-8-25-54)67-36-17-14-33-64(67)72-60(34-20-37-68(72)73)50-39-42-57(43-40-50)75(58-30-19-21-51(47-58)52-41-46-71-65(48-52)63-32-15-18-38-70(63)76-71)59-44-45-62-61-31-13-16-35-66(61)74(69(62)49-59,55-26-9-3-10-27-55)56-28-11-4-12-29-56/h1-49H. The molecule has 356 valence electrons. The van der Waals surface area contributed by atoms with Gasteiger partial charge in [-0.1, -0.05) is 243 Å². The highest BCUT2D eigenvalue weighted by molar-refractivity contribution is 7.25. The van der Waals surface area contributed by atoms with Gasteiger partial charge in [-0.05, 0) is 144 Å². The number of anilines is 3. The first-order valence-corrected chi connectivity index (χ1v) is 27.1. The molecular weight excluding hydrogens is 935 g/mol. The van der Waals surface area contributed by atoms with Crippen molar-refractivity contribution in [3.63, 3.8) is 0 Å². The molecule has 0 N–H and O–H groups in total. The van der Waals surface area contributed by atoms with E-state index in [1.165, 1.54) is 109 Å². The fourth-order valence-corrected chi connectivity index (χ4v) is 14.4. The van der Waals surface area contributed by atoms with Crippen LogP contribution in [-0.2, 0) is 10.8 Å². The van der Waals surface area contributed by atoms with Gasteiger partial charge in [0.05, 0.1) is 10.8 Å². The molecule has 2 aliphatic carbocycles. The van der Waals surface area contributed by atoms with Gasteiger partial charge in [0, 0.05) is 37.2 Å². The van der Waals surface area contributed by atoms with Crippen LogP contribution in [0.5, 0.6) is 0 Å². The Bertz CT molecular complexity index is 4250. The molecule has 0 amide bonds. The van der Waals surface area contributed by atoms with E-state index in [1.807, 2.05) is 11.3 Å². The van der Waals surface area contributed by atoms with Gasteiger partial charge in [0.2, 0.25) is 0 Å². The van der Waals surface area contributed by atoms with Gasteiger partial charge in [-0.3, -0.25) is 0 Å². The van der Waals surface area contributed by atoms with E-state index in [4.69, 9.17) is 0 Å². The Morgan fingerprint density at radius 1 is 0.250 bits per heavy atom. The van der Waals surface area contributed by atoms with Crippen molar-refractivity contribution >= 4 is 48.6 Å². The van der Waals surface area contributed by atoms with E-state index in [1.54, 1.807) is 0 Å². The van der Waals surface area contributed by atoms with Gasteiger partial charge >= 0.3 is 0 Å². The lowest BCUT2D eigenvalue weighted by Crippen LogP contribution is -2.28. The maximum Gasteiger partial charge on any atom is 0.0714 e. The van der Waals surface area contributed by atoms with Crippen LogP contribution >= 0.6 is 11.3 Å². The Balaban J connectivity index is 0.925. The number of fused-ring (bicyclic) bond motifs is 9. The van der Waals surface area contributed by atoms with Gasteiger partial charge in [0.25, 0.3) is 0 Å². The molecule has 0 spiro atoms. The Labute approximate surface area is 447 Å². The molecule has 0 unspecified atom stereocenters. The highest BCUT2D eigenvalue weighted by atomic mass is 32.1. The van der Waals surface area contributed by atoms with Crippen LogP contribution in [0.1, 0.15) is 44.5 Å². The van der Waals surface area contributed by atoms with Crippen LogP contribution in [0.15, 0.2) is 297 Å². The lowest BCUT2D eigenvalue weighted by atomic mass is 9.67. The van der Waals surface area contributed by atoms with Crippen molar-refractivity contribution in [1.29, 1.82) is 0 Å². The second-order valence-corrected chi connectivity index (χ2v) is 21.3. The molecular formula is C74H49NS. The van der Waals surface area contributed by atoms with E-state index >= 15 is 0 Å². The van der Waals surface area contributed by atoms with Crippen molar-refractivity contribution in [2.24, 2.45) is 0 Å². The normalized spacial score (nSPS) is 13.5. The summed E-state index contributed by atoms with van der Waals surface area (Å²) in [6, 6.07) is 111. The average Bonchev–Trinajstić information content (AvgIpc) is 4.32. The summed E-state index contributed by atoms with van der Waals surface area (Å²) in [7, 11) is 0. The highest BCUT2D eigenvalue weighted by Crippen LogP contribution is 2.60. The van der Waals surface area contributed by atoms with E-state index in [-0.39, 0.29) is 0 Å². The molecule has 2 heteroatoms. The topological polar surface area (TPSA) is 3.24 Å². The third-order valence-electron chi connectivity index (χ3n) is 16.4. The van der Waals surface area contributed by atoms with Gasteiger partial charge in [-0.15, -0.1) is 11.3 Å². The quantitative estimate of drug-likeness (QED) is 0.139. The van der Waals surface area contributed by atoms with Crippen LogP contribution in [0.25, 0.3) is 64.7 Å². The number of thiophene rings is 1. The monoisotopic (exact) mass is 983 g/mol. The van der Waals surface area contributed by atoms with Crippen LogP contribution in [0.2, 0.25) is 0 Å². The Morgan fingerprint density at radius 2 is 0.711 bits per heavy atom. The second kappa shape index (κ2) is 17.7. The number of nitrogens with zero attached hydrogens (tertiary/aromatic N) is 1. The summed E-state index contributed by atoms with van der Waals surface area (Å²) in [5.41, 5.74) is 22.3. The van der Waals surface area contributed by atoms with Gasteiger partial charge < -0.3 is 4.90 Å². The zero-order valence-corrected chi connectivity index (χ0v) is 42.5. The first-order chi connectivity index (χ1) is 37.7. The van der Waals surface area contributed by atoms with Crippen molar-refractivity contribution in [1.82, 2.24) is 0 Å². The van der Waals surface area contributed by atoms with Gasteiger partial charge in [-0.2, -0.15) is 0 Å². The minimum absolute atomic E-state index is 0.477. The lowest BCUT2D eigenvalue weighted by Gasteiger charge is -2.35. The van der Waals surface area contributed by atoms with Crippen molar-refractivity contribution in [3.8, 4) is 44.5 Å². The third kappa shape index (κ3) is 6.57. The number of hydrogen-bond acceptors (Lipinski definition) is 2. The van der Waals surface area contributed by atoms with Gasteiger partial charge in [-0.25, -0.2) is 0 Å². The summed E-state index contributed by atoms with van der Waals surface area (Å²) in [5.74, 6) is 0. The molecule has 1 aromatic heterocycles. The molecule has 15 rings (SSSR count). The molecule has 0 fully saturated rings. The van der Waals surface area contributed by atoms with Gasteiger partial charge in [0.1, 0.15) is 0 Å². The Kier molecular flexibility index (Phi) is 10.3. The zero-order chi connectivity index (χ0) is 50.2. The number of rotatable bonds is 9. The van der Waals surface area contributed by atoms with Crippen LogP contribution in [0.4, 0.5) is 17.1 Å². The minimum Gasteiger partial charge on any atom is -0.310 e. The molecule has 1 nitrogen and oxygen atoms in total. The maximum absolute atomic E-state index is 2.48. The van der Waals surface area contributed by atoms with Crippen LogP contribution in [-0.4, -0.2) is 0 Å². The summed E-state index contributed by atoms with van der Waals surface area (Å²) < 4.78 is 2.62. The van der Waals surface area contributed by atoms with E-state index in [0.717, 1.165) is 17.1 Å². The lowest BCUT2D eigenvalue weighted by molar-refractivity contribution is 0.768. The molecule has 13 aromatic rings. The van der Waals surface area contributed by atoms with Crippen LogP contribution in [0.3, 0.4) is 0 Å². The largest absolute Gasteiger partial charge is 0.310 e. The Morgan fingerprint density at radius 3 is 1.38 bits per heavy atom. The van der Waals surface area contributed by atoms with Crippen molar-refractivity contribution in [2.75, 3.05) is 4.90 Å². The fraction of sp³-hybridized carbons (Fsp3) is 0.0270. The summed E-state index contributed by atoms with van der Waals surface area (Å²) >= 11 is 1.86. The first-order valence-electron chi connectivity index (χ1n) is 26.3. The summed E-state index contributed by atoms with van der Waals surface area (Å²) in [6.07, 6.45) is 0. The summed E-state index contributed by atoms with van der Waals surface area (Å²) in [6.45, 7) is 0. The summed E-state index contributed by atoms with van der Waals surface area (Å²) in [5, 5.41) is 2.60. The predicted octanol–water partition coefficient (Wildman–Crippen LogP) is 19.6. The molecule has 0 atom stereocenters. The molecule has 0 saturated heterocycles. The maximum atomic E-state index is 2.48. The molecule has 76 heavy (non-hydrogen) atoms. The van der Waals surface area contributed by atoms with Crippen LogP contribution in [0, 0.1) is 0 Å². The summed E-state index contributed by atoms with van der Waals surface area (Å²) in [4.78, 5) is 2.47. The van der Waals surface area contributed by atoms with Crippen molar-refractivity contribution in [3.05, 3.63) is 342 Å². The molecule has 0 bridgehead atoms. The average molecular weight is 984 g/mol.